The number of hydrogen-bond donors (Lipinski definition) is 2. The van der Waals surface area contributed by atoms with Gasteiger partial charge in [-0.05, 0) is 12.1 Å². The maximum atomic E-state index is 11.8. The molecule has 0 fully saturated rings. The molecule has 0 unspecified atom stereocenters. The van der Waals surface area contributed by atoms with Gasteiger partial charge in [-0.25, -0.2) is 18.1 Å². The van der Waals surface area contributed by atoms with Crippen molar-refractivity contribution in [1.82, 2.24) is 9.71 Å². The highest BCUT2D eigenvalue weighted by atomic mass is 32.2. The van der Waals surface area contributed by atoms with Crippen LogP contribution >= 0.6 is 11.3 Å². The van der Waals surface area contributed by atoms with Crippen LogP contribution in [-0.4, -0.2) is 19.9 Å². The lowest BCUT2D eigenvalue weighted by Gasteiger charge is -2.02. The van der Waals surface area contributed by atoms with Gasteiger partial charge in [0.15, 0.2) is 0 Å². The third-order valence-electron chi connectivity index (χ3n) is 2.26. The van der Waals surface area contributed by atoms with Crippen molar-refractivity contribution < 1.29 is 12.8 Å². The molecule has 0 saturated heterocycles. The Balaban J connectivity index is 1.95. The molecule has 0 aliphatic rings. The molecule has 0 saturated carbocycles. The van der Waals surface area contributed by atoms with Crippen molar-refractivity contribution in [2.75, 3.05) is 6.54 Å². The summed E-state index contributed by atoms with van der Waals surface area (Å²) in [6.45, 7) is 0.457. The molecule has 18 heavy (non-hydrogen) atoms. The number of aromatic nitrogens is 1. The molecule has 0 aliphatic heterocycles. The molecule has 0 aliphatic carbocycles. The quantitative estimate of drug-likeness (QED) is 0.815. The van der Waals surface area contributed by atoms with E-state index in [9.17, 15) is 8.42 Å². The minimum atomic E-state index is -3.60. The third kappa shape index (κ3) is 3.16. The molecular formula is C10H13N3O3S2. The van der Waals surface area contributed by atoms with Gasteiger partial charge in [-0.15, -0.1) is 11.3 Å². The molecule has 6 nitrogen and oxygen atoms in total. The number of furan rings is 1. The van der Waals surface area contributed by atoms with Crippen molar-refractivity contribution in [2.45, 2.75) is 18.1 Å². The van der Waals surface area contributed by atoms with Gasteiger partial charge in [-0.2, -0.15) is 0 Å². The first-order chi connectivity index (χ1) is 8.62. The van der Waals surface area contributed by atoms with Gasteiger partial charge in [-0.1, -0.05) is 0 Å². The Hall–Kier alpha value is -1.22. The summed E-state index contributed by atoms with van der Waals surface area (Å²) in [5.74, 6) is 0.440. The molecule has 0 aromatic carbocycles. The zero-order chi connectivity index (χ0) is 13.0. The van der Waals surface area contributed by atoms with Gasteiger partial charge >= 0.3 is 0 Å². The molecule has 8 heteroatoms. The largest absolute Gasteiger partial charge is 0.447 e. The van der Waals surface area contributed by atoms with E-state index in [1.54, 1.807) is 11.6 Å². The van der Waals surface area contributed by atoms with Crippen molar-refractivity contribution in [3.8, 4) is 0 Å². The minimum absolute atomic E-state index is 0.110. The van der Waals surface area contributed by atoms with Crippen molar-refractivity contribution in [3.63, 3.8) is 0 Å². The first-order valence-electron chi connectivity index (χ1n) is 5.27. The Morgan fingerprint density at radius 1 is 1.44 bits per heavy atom. The minimum Gasteiger partial charge on any atom is -0.447 e. The third-order valence-corrected chi connectivity index (χ3v) is 4.23. The summed E-state index contributed by atoms with van der Waals surface area (Å²) in [7, 11) is -3.60. The van der Waals surface area contributed by atoms with Crippen LogP contribution in [0.2, 0.25) is 0 Å². The Morgan fingerprint density at radius 2 is 2.28 bits per heavy atom. The Morgan fingerprint density at radius 3 is 2.89 bits per heavy atom. The zero-order valence-corrected chi connectivity index (χ0v) is 11.1. The first kappa shape index (κ1) is 13.2. The van der Waals surface area contributed by atoms with Crippen LogP contribution in [0.4, 0.5) is 0 Å². The zero-order valence-electron chi connectivity index (χ0n) is 9.50. The number of nitrogens with one attached hydrogen (secondary N) is 1. The van der Waals surface area contributed by atoms with E-state index < -0.39 is 10.0 Å². The summed E-state index contributed by atoms with van der Waals surface area (Å²) in [4.78, 5) is 4.07. The molecule has 2 aromatic rings. The van der Waals surface area contributed by atoms with Crippen LogP contribution in [0.5, 0.6) is 0 Å². The van der Waals surface area contributed by atoms with Crippen molar-refractivity contribution in [3.05, 3.63) is 34.5 Å². The highest BCUT2D eigenvalue weighted by Crippen LogP contribution is 2.13. The average molecular weight is 287 g/mol. The number of sulfonamides is 1. The Labute approximate surface area is 109 Å². The second kappa shape index (κ2) is 5.61. The van der Waals surface area contributed by atoms with Gasteiger partial charge in [0, 0.05) is 18.3 Å². The van der Waals surface area contributed by atoms with Crippen LogP contribution in [0.25, 0.3) is 0 Å². The van der Waals surface area contributed by atoms with Crippen LogP contribution < -0.4 is 10.5 Å². The summed E-state index contributed by atoms with van der Waals surface area (Å²) in [5, 5.41) is 1.77. The van der Waals surface area contributed by atoms with Crippen LogP contribution in [0.3, 0.4) is 0 Å². The van der Waals surface area contributed by atoms with E-state index in [2.05, 4.69) is 9.71 Å². The number of nitrogens with two attached hydrogens (primary N) is 1. The molecule has 2 rings (SSSR count). The highest BCUT2D eigenvalue weighted by molar-refractivity contribution is 7.89. The number of nitrogens with zero attached hydrogens (tertiary/aromatic N) is 1. The van der Waals surface area contributed by atoms with Crippen molar-refractivity contribution >= 4 is 21.4 Å². The predicted molar refractivity (Wildman–Crippen MR) is 67.6 cm³/mol. The summed E-state index contributed by atoms with van der Waals surface area (Å²) in [6.07, 6.45) is 0.549. The molecule has 0 amide bonds. The van der Waals surface area contributed by atoms with Gasteiger partial charge in [0.05, 0.1) is 17.7 Å². The predicted octanol–water partition coefficient (Wildman–Crippen LogP) is 0.716. The van der Waals surface area contributed by atoms with Crippen LogP contribution in [-0.2, 0) is 23.0 Å². The van der Waals surface area contributed by atoms with E-state index in [1.807, 2.05) is 5.38 Å². The fourth-order valence-corrected chi connectivity index (χ4v) is 2.93. The Bertz CT molecular complexity index is 590. The van der Waals surface area contributed by atoms with E-state index in [4.69, 9.17) is 10.2 Å². The summed E-state index contributed by atoms with van der Waals surface area (Å²) >= 11 is 1.48. The molecule has 0 bridgehead atoms. The molecule has 0 radical (unpaired) electrons. The molecular weight excluding hydrogens is 274 g/mol. The number of thiazole rings is 1. The molecule has 2 heterocycles. The van der Waals surface area contributed by atoms with E-state index in [0.717, 1.165) is 5.69 Å². The first-order valence-corrected chi connectivity index (χ1v) is 7.70. The van der Waals surface area contributed by atoms with Crippen LogP contribution in [0.1, 0.15) is 11.5 Å². The van der Waals surface area contributed by atoms with Gasteiger partial charge in [0.25, 0.3) is 10.0 Å². The van der Waals surface area contributed by atoms with E-state index in [-0.39, 0.29) is 18.2 Å². The standard InChI is InChI=1S/C10H13N3O3S2/c11-5-9-1-2-10(16-9)18(14,15)13-4-3-8-6-17-7-12-8/h1-2,6-7,13H,3-5,11H2. The molecule has 0 spiro atoms. The van der Waals surface area contributed by atoms with Crippen LogP contribution in [0, 0.1) is 0 Å². The second-order valence-corrected chi connectivity index (χ2v) is 5.97. The topological polar surface area (TPSA) is 98.2 Å². The lowest BCUT2D eigenvalue weighted by atomic mass is 10.3. The van der Waals surface area contributed by atoms with Crippen molar-refractivity contribution in [2.24, 2.45) is 5.73 Å². The molecule has 0 atom stereocenters. The Kier molecular flexibility index (Phi) is 4.12. The van der Waals surface area contributed by atoms with E-state index >= 15 is 0 Å². The molecule has 98 valence electrons. The smallest absolute Gasteiger partial charge is 0.273 e. The van der Waals surface area contributed by atoms with E-state index in [0.29, 0.717) is 12.2 Å². The second-order valence-electron chi connectivity index (χ2n) is 3.55. The van der Waals surface area contributed by atoms with Gasteiger partial charge in [-0.3, -0.25) is 0 Å². The van der Waals surface area contributed by atoms with Gasteiger partial charge < -0.3 is 10.2 Å². The highest BCUT2D eigenvalue weighted by Gasteiger charge is 2.17. The van der Waals surface area contributed by atoms with Crippen LogP contribution in [0.15, 0.2) is 32.5 Å². The maximum absolute atomic E-state index is 11.8. The summed E-state index contributed by atoms with van der Waals surface area (Å²) < 4.78 is 31.2. The lowest BCUT2D eigenvalue weighted by Crippen LogP contribution is -2.25. The van der Waals surface area contributed by atoms with Gasteiger partial charge in [0.2, 0.25) is 5.09 Å². The fraction of sp³-hybridized carbons (Fsp3) is 0.300. The summed E-state index contributed by atoms with van der Waals surface area (Å²) in [6, 6.07) is 2.95. The SMILES string of the molecule is NCc1ccc(S(=O)(=O)NCCc2cscn2)o1. The maximum Gasteiger partial charge on any atom is 0.273 e. The average Bonchev–Trinajstić information content (AvgIpc) is 2.99. The normalized spacial score (nSPS) is 11.8. The van der Waals surface area contributed by atoms with Crippen molar-refractivity contribution in [1.29, 1.82) is 0 Å². The van der Waals surface area contributed by atoms with Gasteiger partial charge in [0.1, 0.15) is 5.76 Å². The summed E-state index contributed by atoms with van der Waals surface area (Å²) in [5.41, 5.74) is 7.93. The molecule has 3 N–H and O–H groups in total. The fourth-order valence-electron chi connectivity index (χ4n) is 1.36. The monoisotopic (exact) mass is 287 g/mol. The number of hydrogen-bond acceptors (Lipinski definition) is 6. The lowest BCUT2D eigenvalue weighted by molar-refractivity contribution is 0.413. The molecule has 2 aromatic heterocycles. The van der Waals surface area contributed by atoms with E-state index in [1.165, 1.54) is 17.4 Å². The number of rotatable bonds is 6.